The smallest absolute Gasteiger partial charge is 0.339 e. The standard InChI is InChI=1S/C13H10O6/c14-8-4-9(19-13(18)5-8)2-1-7-3-11(16)12(17)6-10(7)15/h1-6,14-17H. The van der Waals surface area contributed by atoms with Crippen LogP contribution in [0.4, 0.5) is 0 Å². The fourth-order valence-corrected chi connectivity index (χ4v) is 1.45. The van der Waals surface area contributed by atoms with Crippen LogP contribution in [0.25, 0.3) is 12.2 Å². The van der Waals surface area contributed by atoms with Crippen molar-refractivity contribution in [1.29, 1.82) is 0 Å². The molecule has 1 aromatic carbocycles. The van der Waals surface area contributed by atoms with Gasteiger partial charge in [0.15, 0.2) is 11.5 Å². The molecule has 0 spiro atoms. The fraction of sp³-hybridized carbons (Fsp3) is 0. The van der Waals surface area contributed by atoms with Gasteiger partial charge in [0.05, 0.1) is 6.07 Å². The molecule has 0 aliphatic carbocycles. The highest BCUT2D eigenvalue weighted by Crippen LogP contribution is 2.33. The van der Waals surface area contributed by atoms with Gasteiger partial charge in [-0.2, -0.15) is 0 Å². The van der Waals surface area contributed by atoms with E-state index in [4.69, 9.17) is 9.52 Å². The maximum Gasteiger partial charge on any atom is 0.339 e. The Balaban J connectivity index is 2.37. The van der Waals surface area contributed by atoms with Crippen LogP contribution in [0.5, 0.6) is 23.0 Å². The van der Waals surface area contributed by atoms with E-state index in [1.54, 1.807) is 0 Å². The van der Waals surface area contributed by atoms with Gasteiger partial charge in [-0.1, -0.05) is 0 Å². The minimum Gasteiger partial charge on any atom is -0.508 e. The molecule has 0 aliphatic rings. The lowest BCUT2D eigenvalue weighted by Crippen LogP contribution is -1.95. The molecule has 0 fully saturated rings. The monoisotopic (exact) mass is 262 g/mol. The van der Waals surface area contributed by atoms with Crippen molar-refractivity contribution in [2.45, 2.75) is 0 Å². The number of phenolic OH excluding ortho intramolecular Hbond substituents is 3. The van der Waals surface area contributed by atoms with Gasteiger partial charge < -0.3 is 24.8 Å². The number of phenols is 3. The van der Waals surface area contributed by atoms with Crippen LogP contribution in [0, 0.1) is 0 Å². The molecule has 4 N–H and O–H groups in total. The second-order valence-electron chi connectivity index (χ2n) is 3.77. The van der Waals surface area contributed by atoms with Crippen LogP contribution in [-0.2, 0) is 0 Å². The number of aromatic hydroxyl groups is 4. The zero-order valence-corrected chi connectivity index (χ0v) is 9.57. The lowest BCUT2D eigenvalue weighted by atomic mass is 10.1. The first kappa shape index (κ1) is 12.6. The summed E-state index contributed by atoms with van der Waals surface area (Å²) in [7, 11) is 0. The summed E-state index contributed by atoms with van der Waals surface area (Å²) in [5.41, 5.74) is -0.501. The van der Waals surface area contributed by atoms with Gasteiger partial charge in [-0.3, -0.25) is 0 Å². The van der Waals surface area contributed by atoms with E-state index in [1.807, 2.05) is 0 Å². The summed E-state index contributed by atoms with van der Waals surface area (Å²) in [4.78, 5) is 11.0. The zero-order chi connectivity index (χ0) is 14.0. The molecule has 0 saturated heterocycles. The minimum absolute atomic E-state index is 0.0805. The van der Waals surface area contributed by atoms with Crippen molar-refractivity contribution in [2.75, 3.05) is 0 Å². The minimum atomic E-state index is -0.711. The summed E-state index contributed by atoms with van der Waals surface area (Å²) in [6.45, 7) is 0. The molecule has 98 valence electrons. The van der Waals surface area contributed by atoms with Gasteiger partial charge in [-0.15, -0.1) is 0 Å². The van der Waals surface area contributed by atoms with Crippen molar-refractivity contribution in [3.05, 3.63) is 46.0 Å². The first-order chi connectivity index (χ1) is 8.95. The number of rotatable bonds is 2. The summed E-state index contributed by atoms with van der Waals surface area (Å²) in [5.74, 6) is -1.26. The average molecular weight is 262 g/mol. The predicted octanol–water partition coefficient (Wildman–Crippen LogP) is 1.63. The molecule has 0 aliphatic heterocycles. The Bertz CT molecular complexity index is 699. The second kappa shape index (κ2) is 4.77. The van der Waals surface area contributed by atoms with Gasteiger partial charge >= 0.3 is 5.63 Å². The molecule has 0 saturated carbocycles. The summed E-state index contributed by atoms with van der Waals surface area (Å²) in [6, 6.07) is 4.26. The molecule has 0 unspecified atom stereocenters. The molecular formula is C13H10O6. The first-order valence-electron chi connectivity index (χ1n) is 5.23. The summed E-state index contributed by atoms with van der Waals surface area (Å²) >= 11 is 0. The summed E-state index contributed by atoms with van der Waals surface area (Å²) < 4.78 is 4.78. The molecule has 2 rings (SSSR count). The highest BCUT2D eigenvalue weighted by molar-refractivity contribution is 5.72. The maximum atomic E-state index is 11.0. The lowest BCUT2D eigenvalue weighted by molar-refractivity contribution is 0.396. The Morgan fingerprint density at radius 1 is 0.842 bits per heavy atom. The van der Waals surface area contributed by atoms with Crippen molar-refractivity contribution in [3.63, 3.8) is 0 Å². The van der Waals surface area contributed by atoms with Gasteiger partial charge in [0.2, 0.25) is 0 Å². The highest BCUT2D eigenvalue weighted by atomic mass is 16.4. The van der Waals surface area contributed by atoms with Crippen molar-refractivity contribution >= 4 is 12.2 Å². The third kappa shape index (κ3) is 2.86. The van der Waals surface area contributed by atoms with Crippen molar-refractivity contribution in [3.8, 4) is 23.0 Å². The average Bonchev–Trinajstić information content (AvgIpc) is 2.31. The largest absolute Gasteiger partial charge is 0.508 e. The van der Waals surface area contributed by atoms with Gasteiger partial charge in [-0.25, -0.2) is 4.79 Å². The topological polar surface area (TPSA) is 111 Å². The highest BCUT2D eigenvalue weighted by Gasteiger charge is 2.05. The third-order valence-corrected chi connectivity index (χ3v) is 2.33. The fourth-order valence-electron chi connectivity index (χ4n) is 1.45. The summed E-state index contributed by atoms with van der Waals surface area (Å²) in [5, 5.41) is 37.2. The van der Waals surface area contributed by atoms with Gasteiger partial charge in [-0.05, 0) is 18.2 Å². The quantitative estimate of drug-likeness (QED) is 0.483. The Morgan fingerprint density at radius 2 is 1.53 bits per heavy atom. The first-order valence-corrected chi connectivity index (χ1v) is 5.23. The van der Waals surface area contributed by atoms with Crippen LogP contribution in [0.2, 0.25) is 0 Å². The summed E-state index contributed by atoms with van der Waals surface area (Å²) in [6.07, 6.45) is 2.68. The van der Waals surface area contributed by atoms with E-state index in [2.05, 4.69) is 0 Å². The van der Waals surface area contributed by atoms with Crippen LogP contribution in [0.15, 0.2) is 33.5 Å². The Labute approximate surface area is 107 Å². The van der Waals surface area contributed by atoms with Crippen LogP contribution in [0.3, 0.4) is 0 Å². The van der Waals surface area contributed by atoms with E-state index >= 15 is 0 Å². The van der Waals surface area contributed by atoms with Gasteiger partial charge in [0.25, 0.3) is 0 Å². The molecule has 0 radical (unpaired) electrons. The van der Waals surface area contributed by atoms with E-state index in [0.717, 1.165) is 18.2 Å². The Morgan fingerprint density at radius 3 is 2.21 bits per heavy atom. The second-order valence-corrected chi connectivity index (χ2v) is 3.77. The number of benzene rings is 1. The van der Waals surface area contributed by atoms with Crippen molar-refractivity contribution in [2.24, 2.45) is 0 Å². The molecule has 1 heterocycles. The Kier molecular flexibility index (Phi) is 3.15. The maximum absolute atomic E-state index is 11.0. The molecular weight excluding hydrogens is 252 g/mol. The molecule has 6 heteroatoms. The predicted molar refractivity (Wildman–Crippen MR) is 67.0 cm³/mol. The Hall–Kier alpha value is -2.89. The van der Waals surface area contributed by atoms with Crippen LogP contribution in [0.1, 0.15) is 11.3 Å². The molecule has 6 nitrogen and oxygen atoms in total. The molecule has 0 amide bonds. The van der Waals surface area contributed by atoms with E-state index in [1.165, 1.54) is 18.2 Å². The molecule has 0 bridgehead atoms. The lowest BCUT2D eigenvalue weighted by Gasteiger charge is -2.02. The van der Waals surface area contributed by atoms with E-state index < -0.39 is 17.1 Å². The number of hydrogen-bond donors (Lipinski definition) is 4. The SMILES string of the molecule is O=c1cc(O)cc(C=Cc2cc(O)c(O)cc2O)o1. The van der Waals surface area contributed by atoms with E-state index in [-0.39, 0.29) is 22.8 Å². The third-order valence-electron chi connectivity index (χ3n) is 2.33. The van der Waals surface area contributed by atoms with E-state index in [9.17, 15) is 20.1 Å². The van der Waals surface area contributed by atoms with Gasteiger partial charge in [0, 0.05) is 17.7 Å². The zero-order valence-electron chi connectivity index (χ0n) is 9.57. The van der Waals surface area contributed by atoms with Crippen LogP contribution in [-0.4, -0.2) is 20.4 Å². The molecule has 0 atom stereocenters. The normalized spacial score (nSPS) is 10.9. The van der Waals surface area contributed by atoms with Gasteiger partial charge in [0.1, 0.15) is 17.3 Å². The number of hydrogen-bond acceptors (Lipinski definition) is 6. The molecule has 1 aromatic heterocycles. The van der Waals surface area contributed by atoms with Crippen molar-refractivity contribution < 1.29 is 24.8 Å². The van der Waals surface area contributed by atoms with Crippen molar-refractivity contribution in [1.82, 2.24) is 0 Å². The van der Waals surface area contributed by atoms with E-state index in [0.29, 0.717) is 0 Å². The van der Waals surface area contributed by atoms with Crippen LogP contribution >= 0.6 is 0 Å². The van der Waals surface area contributed by atoms with Crippen LogP contribution < -0.4 is 5.63 Å². The molecule has 2 aromatic rings. The molecule has 19 heavy (non-hydrogen) atoms.